The molecule has 10 nitrogen and oxygen atoms in total. The Hall–Kier alpha value is -4.55. The molecule has 12 heteroatoms. The van der Waals surface area contributed by atoms with Crippen molar-refractivity contribution in [2.24, 2.45) is 0 Å². The first-order valence-corrected chi connectivity index (χ1v) is 13.5. The van der Waals surface area contributed by atoms with Crippen LogP contribution in [0.25, 0.3) is 45.1 Å². The van der Waals surface area contributed by atoms with E-state index < -0.39 is 11.3 Å². The van der Waals surface area contributed by atoms with Gasteiger partial charge < -0.3 is 0 Å². The van der Waals surface area contributed by atoms with Gasteiger partial charge in [-0.05, 0) is 42.0 Å². The summed E-state index contributed by atoms with van der Waals surface area (Å²) in [6.07, 6.45) is 6.42. The summed E-state index contributed by atoms with van der Waals surface area (Å²) >= 11 is 3.99. The zero-order valence-corrected chi connectivity index (χ0v) is 22.3. The maximum absolute atomic E-state index is 13.9. The van der Waals surface area contributed by atoms with Gasteiger partial charge in [0.05, 0.1) is 29.5 Å². The number of fused-ring (bicyclic) bond motifs is 1. The van der Waals surface area contributed by atoms with Crippen molar-refractivity contribution in [2.45, 2.75) is 6.54 Å². The molecule has 0 aliphatic heterocycles. The number of hydrogen-bond donors (Lipinski definition) is 2. The molecule has 3 heterocycles. The molecule has 198 valence electrons. The summed E-state index contributed by atoms with van der Waals surface area (Å²) < 4.78 is 25.7. The molecular formula is C28H20ClN7O3S. The lowest BCUT2D eigenvalue weighted by molar-refractivity contribution is 0.548. The smallest absolute Gasteiger partial charge is 0.269 e. The largest absolute Gasteiger partial charge is 0.294 e. The Morgan fingerprint density at radius 2 is 1.70 bits per heavy atom. The quantitative estimate of drug-likeness (QED) is 0.269. The number of rotatable bonds is 7. The van der Waals surface area contributed by atoms with Crippen LogP contribution < -0.4 is 10.3 Å². The minimum atomic E-state index is -2.14. The van der Waals surface area contributed by atoms with Gasteiger partial charge in [-0.2, -0.15) is 5.10 Å². The molecule has 0 spiro atoms. The van der Waals surface area contributed by atoms with Crippen LogP contribution in [0.1, 0.15) is 5.56 Å². The van der Waals surface area contributed by atoms with E-state index in [4.69, 9.17) is 21.1 Å². The number of nitrogens with zero attached hydrogens (tertiary/aromatic N) is 6. The Kier molecular flexibility index (Phi) is 7.01. The van der Waals surface area contributed by atoms with Gasteiger partial charge in [-0.3, -0.25) is 23.9 Å². The minimum absolute atomic E-state index is 0.177. The number of aromatic nitrogens is 6. The van der Waals surface area contributed by atoms with Crippen LogP contribution >= 0.6 is 11.6 Å². The molecule has 0 saturated carbocycles. The highest BCUT2D eigenvalue weighted by atomic mass is 35.5. The molecule has 3 aromatic carbocycles. The third-order valence-corrected chi connectivity index (χ3v) is 6.89. The van der Waals surface area contributed by atoms with Gasteiger partial charge in [0.15, 0.2) is 5.65 Å². The fourth-order valence-electron chi connectivity index (χ4n) is 4.36. The molecule has 3 aromatic heterocycles. The fraction of sp³-hybridized carbons (Fsp3) is 0.0357. The van der Waals surface area contributed by atoms with Crippen molar-refractivity contribution in [3.05, 3.63) is 119 Å². The highest BCUT2D eigenvalue weighted by Crippen LogP contribution is 2.26. The number of nitrogens with one attached hydrogen (secondary N) is 1. The maximum Gasteiger partial charge on any atom is 0.269 e. The summed E-state index contributed by atoms with van der Waals surface area (Å²) in [7, 11) is 0. The topological polar surface area (TPSA) is 128 Å². The van der Waals surface area contributed by atoms with Crippen LogP contribution in [0.3, 0.4) is 0 Å². The lowest BCUT2D eigenvalue weighted by atomic mass is 10.1. The Balaban J connectivity index is 1.53. The van der Waals surface area contributed by atoms with Gasteiger partial charge in [0.1, 0.15) is 11.2 Å². The van der Waals surface area contributed by atoms with Crippen molar-refractivity contribution in [3.8, 4) is 34.0 Å². The summed E-state index contributed by atoms with van der Waals surface area (Å²) in [5.41, 5.74) is 4.41. The average Bonchev–Trinajstić information content (AvgIpc) is 3.42. The molecule has 0 aliphatic carbocycles. The Labute approximate surface area is 235 Å². The van der Waals surface area contributed by atoms with E-state index in [9.17, 15) is 9.00 Å². The number of benzene rings is 3. The van der Waals surface area contributed by atoms with Gasteiger partial charge in [0.2, 0.25) is 11.3 Å². The zero-order valence-electron chi connectivity index (χ0n) is 20.7. The van der Waals surface area contributed by atoms with E-state index in [0.717, 1.165) is 16.8 Å². The zero-order chi connectivity index (χ0) is 27.6. The number of hydrogen-bond acceptors (Lipinski definition) is 6. The summed E-state index contributed by atoms with van der Waals surface area (Å²) in [4.78, 5) is 27.4. The van der Waals surface area contributed by atoms with Crippen LogP contribution in [0.5, 0.6) is 0 Å². The standard InChI is InChI=1S/C28H20ClN7O3S/c29-21-8-10-22(11-9-21)35-26(20-6-4-19(5-7-20)25-17-30-12-13-31-25)34-27-24(28(35)37)16-32-36(27)23-3-1-2-18(14-23)15-33-40(38)39/h1-14,16-17,33H,15H2,(H,38,39). The van der Waals surface area contributed by atoms with Crippen molar-refractivity contribution >= 4 is 33.9 Å². The van der Waals surface area contributed by atoms with Gasteiger partial charge in [0.25, 0.3) is 5.56 Å². The predicted molar refractivity (Wildman–Crippen MR) is 154 cm³/mol. The first-order chi connectivity index (χ1) is 19.5. The van der Waals surface area contributed by atoms with Crippen molar-refractivity contribution in [1.82, 2.24) is 34.0 Å². The lowest BCUT2D eigenvalue weighted by Gasteiger charge is -2.14. The van der Waals surface area contributed by atoms with Crippen molar-refractivity contribution < 1.29 is 8.76 Å². The summed E-state index contributed by atoms with van der Waals surface area (Å²) in [5, 5.41) is 5.35. The predicted octanol–water partition coefficient (Wildman–Crippen LogP) is 4.58. The molecule has 0 saturated heterocycles. The van der Waals surface area contributed by atoms with E-state index in [1.54, 1.807) is 58.2 Å². The summed E-state index contributed by atoms with van der Waals surface area (Å²) in [6.45, 7) is 0.177. The van der Waals surface area contributed by atoms with Crippen LogP contribution in [0.15, 0.2) is 102 Å². The van der Waals surface area contributed by atoms with Crippen molar-refractivity contribution in [1.29, 1.82) is 0 Å². The first-order valence-electron chi connectivity index (χ1n) is 12.1. The van der Waals surface area contributed by atoms with Crippen LogP contribution in [0, 0.1) is 0 Å². The highest BCUT2D eigenvalue weighted by Gasteiger charge is 2.19. The van der Waals surface area contributed by atoms with E-state index in [-0.39, 0.29) is 12.1 Å². The van der Waals surface area contributed by atoms with Crippen LogP contribution in [-0.4, -0.2) is 38.1 Å². The molecule has 0 fully saturated rings. The SMILES string of the molecule is O=c1c2cnn(-c3cccc(CNS(=O)O)c3)c2nc(-c2ccc(-c3cnccn3)cc2)n1-c1ccc(Cl)cc1. The average molecular weight is 570 g/mol. The van der Waals surface area contributed by atoms with Crippen molar-refractivity contribution in [3.63, 3.8) is 0 Å². The van der Waals surface area contributed by atoms with Gasteiger partial charge in [0, 0.05) is 35.1 Å². The summed E-state index contributed by atoms with van der Waals surface area (Å²) in [5.74, 6) is 0.417. The van der Waals surface area contributed by atoms with E-state index in [2.05, 4.69) is 19.8 Å². The van der Waals surface area contributed by atoms with Crippen LogP contribution in [-0.2, 0) is 17.8 Å². The molecule has 2 N–H and O–H groups in total. The molecule has 0 radical (unpaired) electrons. The number of halogens is 1. The third-order valence-electron chi connectivity index (χ3n) is 6.24. The third kappa shape index (κ3) is 5.06. The van der Waals surface area contributed by atoms with Crippen LogP contribution in [0.4, 0.5) is 0 Å². The molecular weight excluding hydrogens is 550 g/mol. The second-order valence-electron chi connectivity index (χ2n) is 8.75. The molecule has 1 unspecified atom stereocenters. The molecule has 6 rings (SSSR count). The van der Waals surface area contributed by atoms with E-state index in [0.29, 0.717) is 38.8 Å². The van der Waals surface area contributed by atoms with E-state index >= 15 is 0 Å². The Morgan fingerprint density at radius 1 is 0.925 bits per heavy atom. The second-order valence-corrected chi connectivity index (χ2v) is 9.98. The molecule has 0 bridgehead atoms. The monoisotopic (exact) mass is 569 g/mol. The van der Waals surface area contributed by atoms with Gasteiger partial charge >= 0.3 is 0 Å². The molecule has 6 aromatic rings. The van der Waals surface area contributed by atoms with Crippen molar-refractivity contribution in [2.75, 3.05) is 0 Å². The van der Waals surface area contributed by atoms with E-state index in [1.165, 1.54) is 6.20 Å². The second kappa shape index (κ2) is 10.9. The minimum Gasteiger partial charge on any atom is -0.294 e. The van der Waals surface area contributed by atoms with Crippen LogP contribution in [0.2, 0.25) is 5.02 Å². The normalized spacial score (nSPS) is 12.1. The lowest BCUT2D eigenvalue weighted by Crippen LogP contribution is -2.22. The highest BCUT2D eigenvalue weighted by molar-refractivity contribution is 7.77. The van der Waals surface area contributed by atoms with Gasteiger partial charge in [-0.1, -0.05) is 48.0 Å². The molecule has 0 aliphatic rings. The molecule has 40 heavy (non-hydrogen) atoms. The van der Waals surface area contributed by atoms with Gasteiger partial charge in [-0.15, -0.1) is 0 Å². The van der Waals surface area contributed by atoms with E-state index in [1.807, 2.05) is 42.5 Å². The van der Waals surface area contributed by atoms with Gasteiger partial charge in [-0.25, -0.2) is 18.6 Å². The summed E-state index contributed by atoms with van der Waals surface area (Å²) in [6, 6.07) is 21.8. The Morgan fingerprint density at radius 3 is 2.42 bits per heavy atom. The molecule has 0 amide bonds. The Bertz CT molecular complexity index is 1910. The molecule has 1 atom stereocenters. The first kappa shape index (κ1) is 25.7. The fourth-order valence-corrected chi connectivity index (χ4v) is 4.78. The maximum atomic E-state index is 13.9.